The molecule has 1 fully saturated rings. The van der Waals surface area contributed by atoms with E-state index in [2.05, 4.69) is 17.3 Å². The number of hydrogen-bond donors (Lipinski definition) is 1. The lowest BCUT2D eigenvalue weighted by molar-refractivity contribution is 0.126. The minimum absolute atomic E-state index is 0.815. The number of hydrogen-bond acceptors (Lipinski definition) is 3. The van der Waals surface area contributed by atoms with E-state index in [1.54, 1.807) is 0 Å². The number of nitrogens with one attached hydrogen (secondary N) is 1. The molecule has 0 aromatic carbocycles. The van der Waals surface area contributed by atoms with Crippen molar-refractivity contribution in [3.8, 4) is 0 Å². The Hall–Kier alpha value is -0.870. The zero-order valence-electron chi connectivity index (χ0n) is 10.2. The van der Waals surface area contributed by atoms with Crippen LogP contribution in [0.25, 0.3) is 0 Å². The summed E-state index contributed by atoms with van der Waals surface area (Å²) in [4.78, 5) is 0. The maximum Gasteiger partial charge on any atom is 0.0591 e. The van der Waals surface area contributed by atoms with Gasteiger partial charge in [-0.1, -0.05) is 0 Å². The van der Waals surface area contributed by atoms with Gasteiger partial charge in [-0.2, -0.15) is 5.10 Å². The summed E-state index contributed by atoms with van der Waals surface area (Å²) >= 11 is 0. The van der Waals surface area contributed by atoms with E-state index < -0.39 is 0 Å². The smallest absolute Gasteiger partial charge is 0.0591 e. The van der Waals surface area contributed by atoms with E-state index in [1.807, 2.05) is 17.9 Å². The lowest BCUT2D eigenvalue weighted by Gasteiger charge is -2.05. The average molecular weight is 223 g/mol. The molecule has 90 valence electrons. The van der Waals surface area contributed by atoms with Crippen LogP contribution in [0.5, 0.6) is 0 Å². The molecule has 4 heteroatoms. The fraction of sp³-hybridized carbons (Fsp3) is 0.750. The molecular weight excluding hydrogens is 202 g/mol. The maximum atomic E-state index is 5.55. The summed E-state index contributed by atoms with van der Waals surface area (Å²) in [6.07, 6.45) is 4.65. The van der Waals surface area contributed by atoms with Gasteiger partial charge in [0, 0.05) is 38.0 Å². The molecule has 1 heterocycles. The molecule has 0 radical (unpaired) electrons. The Morgan fingerprint density at radius 1 is 1.56 bits per heavy atom. The van der Waals surface area contributed by atoms with Crippen LogP contribution >= 0.6 is 0 Å². The Labute approximate surface area is 97.0 Å². The first kappa shape index (κ1) is 11.6. The fourth-order valence-corrected chi connectivity index (χ4v) is 1.62. The normalized spacial score (nSPS) is 15.6. The second-order valence-corrected chi connectivity index (χ2v) is 4.57. The van der Waals surface area contributed by atoms with Crippen LogP contribution in [0, 0.1) is 12.8 Å². The van der Waals surface area contributed by atoms with Crippen molar-refractivity contribution < 1.29 is 4.74 Å². The minimum atomic E-state index is 0.815. The number of rotatable bonds is 7. The molecule has 0 aliphatic heterocycles. The van der Waals surface area contributed by atoms with Crippen LogP contribution in [0.2, 0.25) is 0 Å². The number of nitrogens with zero attached hydrogens (tertiary/aromatic N) is 2. The van der Waals surface area contributed by atoms with Gasteiger partial charge in [-0.15, -0.1) is 0 Å². The van der Waals surface area contributed by atoms with Crippen molar-refractivity contribution in [2.45, 2.75) is 26.3 Å². The van der Waals surface area contributed by atoms with E-state index in [4.69, 9.17) is 4.74 Å². The van der Waals surface area contributed by atoms with Gasteiger partial charge >= 0.3 is 0 Å². The highest BCUT2D eigenvalue weighted by Gasteiger charge is 2.20. The van der Waals surface area contributed by atoms with Crippen molar-refractivity contribution in [1.82, 2.24) is 15.1 Å². The second kappa shape index (κ2) is 5.46. The van der Waals surface area contributed by atoms with E-state index in [0.717, 1.165) is 32.2 Å². The summed E-state index contributed by atoms with van der Waals surface area (Å²) in [5, 5.41) is 7.58. The first-order chi connectivity index (χ1) is 7.77. The molecule has 0 unspecified atom stereocenters. The quantitative estimate of drug-likeness (QED) is 0.707. The summed E-state index contributed by atoms with van der Waals surface area (Å²) in [5.74, 6) is 0.862. The van der Waals surface area contributed by atoms with Gasteiger partial charge in [-0.25, -0.2) is 0 Å². The lowest BCUT2D eigenvalue weighted by atomic mass is 10.2. The predicted octanol–water partition coefficient (Wildman–Crippen LogP) is 1.24. The van der Waals surface area contributed by atoms with Crippen molar-refractivity contribution in [1.29, 1.82) is 0 Å². The van der Waals surface area contributed by atoms with Gasteiger partial charge in [0.1, 0.15) is 0 Å². The molecule has 0 bridgehead atoms. The summed E-state index contributed by atoms with van der Waals surface area (Å²) in [6.45, 7) is 5.66. The zero-order valence-corrected chi connectivity index (χ0v) is 10.2. The molecule has 1 saturated carbocycles. The summed E-state index contributed by atoms with van der Waals surface area (Å²) in [6, 6.07) is 0. The topological polar surface area (TPSA) is 39.1 Å². The number of aromatic nitrogens is 2. The Bertz CT molecular complexity index is 331. The van der Waals surface area contributed by atoms with Crippen LogP contribution < -0.4 is 5.32 Å². The van der Waals surface area contributed by atoms with Gasteiger partial charge in [0.2, 0.25) is 0 Å². The molecule has 1 aromatic rings. The molecule has 2 rings (SSSR count). The Kier molecular flexibility index (Phi) is 3.96. The molecule has 16 heavy (non-hydrogen) atoms. The van der Waals surface area contributed by atoms with Crippen LogP contribution in [-0.2, 0) is 18.3 Å². The van der Waals surface area contributed by atoms with E-state index in [9.17, 15) is 0 Å². The fourth-order valence-electron chi connectivity index (χ4n) is 1.62. The summed E-state index contributed by atoms with van der Waals surface area (Å²) in [5.41, 5.74) is 2.50. The predicted molar refractivity (Wildman–Crippen MR) is 63.2 cm³/mol. The third kappa shape index (κ3) is 3.32. The van der Waals surface area contributed by atoms with Gasteiger partial charge in [-0.3, -0.25) is 4.68 Å². The standard InChI is InChI=1S/C12H21N3O/c1-10-12(8-14-15(10)2)7-13-5-6-16-9-11-3-4-11/h8,11,13H,3-7,9H2,1-2H3. The molecule has 1 N–H and O–H groups in total. The Morgan fingerprint density at radius 3 is 3.00 bits per heavy atom. The Balaban J connectivity index is 1.55. The Morgan fingerprint density at radius 2 is 2.38 bits per heavy atom. The van der Waals surface area contributed by atoms with Crippen LogP contribution in [0.3, 0.4) is 0 Å². The van der Waals surface area contributed by atoms with Gasteiger partial charge in [0.15, 0.2) is 0 Å². The minimum Gasteiger partial charge on any atom is -0.380 e. The summed E-state index contributed by atoms with van der Waals surface area (Å²) in [7, 11) is 1.97. The lowest BCUT2D eigenvalue weighted by Crippen LogP contribution is -2.20. The molecule has 0 amide bonds. The molecule has 1 aliphatic carbocycles. The van der Waals surface area contributed by atoms with Crippen molar-refractivity contribution in [2.24, 2.45) is 13.0 Å². The van der Waals surface area contributed by atoms with E-state index in [0.29, 0.717) is 0 Å². The zero-order chi connectivity index (χ0) is 11.4. The maximum absolute atomic E-state index is 5.55. The molecular formula is C12H21N3O. The highest BCUT2D eigenvalue weighted by molar-refractivity contribution is 5.15. The van der Waals surface area contributed by atoms with Crippen LogP contribution in [0.1, 0.15) is 24.1 Å². The summed E-state index contributed by atoms with van der Waals surface area (Å²) < 4.78 is 7.45. The van der Waals surface area contributed by atoms with E-state index in [-0.39, 0.29) is 0 Å². The molecule has 0 atom stereocenters. The van der Waals surface area contributed by atoms with Crippen molar-refractivity contribution in [3.63, 3.8) is 0 Å². The highest BCUT2D eigenvalue weighted by atomic mass is 16.5. The SMILES string of the molecule is Cc1c(CNCCOCC2CC2)cnn1C. The van der Waals surface area contributed by atoms with Crippen molar-refractivity contribution >= 4 is 0 Å². The van der Waals surface area contributed by atoms with Crippen molar-refractivity contribution in [2.75, 3.05) is 19.8 Å². The monoisotopic (exact) mass is 223 g/mol. The van der Waals surface area contributed by atoms with Crippen LogP contribution in [0.4, 0.5) is 0 Å². The second-order valence-electron chi connectivity index (χ2n) is 4.57. The average Bonchev–Trinajstić information content (AvgIpc) is 3.04. The third-order valence-corrected chi connectivity index (χ3v) is 3.13. The van der Waals surface area contributed by atoms with Crippen LogP contribution in [-0.4, -0.2) is 29.5 Å². The van der Waals surface area contributed by atoms with Crippen molar-refractivity contribution in [3.05, 3.63) is 17.5 Å². The van der Waals surface area contributed by atoms with Gasteiger partial charge in [0.05, 0.1) is 12.8 Å². The van der Waals surface area contributed by atoms with Gasteiger partial charge < -0.3 is 10.1 Å². The molecule has 1 aliphatic rings. The molecule has 0 saturated heterocycles. The molecule has 0 spiro atoms. The molecule has 4 nitrogen and oxygen atoms in total. The third-order valence-electron chi connectivity index (χ3n) is 3.13. The van der Waals surface area contributed by atoms with Gasteiger partial charge in [-0.05, 0) is 25.7 Å². The largest absolute Gasteiger partial charge is 0.380 e. The first-order valence-electron chi connectivity index (χ1n) is 6.03. The number of ether oxygens (including phenoxy) is 1. The van der Waals surface area contributed by atoms with E-state index in [1.165, 1.54) is 24.1 Å². The van der Waals surface area contributed by atoms with Crippen LogP contribution in [0.15, 0.2) is 6.20 Å². The number of aryl methyl sites for hydroxylation is 1. The molecule has 1 aromatic heterocycles. The highest BCUT2D eigenvalue weighted by Crippen LogP contribution is 2.28. The van der Waals surface area contributed by atoms with E-state index >= 15 is 0 Å². The first-order valence-corrected chi connectivity index (χ1v) is 6.03. The van der Waals surface area contributed by atoms with Gasteiger partial charge in [0.25, 0.3) is 0 Å².